The molecule has 1 amide bonds. The standard InChI is InChI=1S/C23H27N3O2/c1-15-5-4-6-16(11-15)13-26-20(23(28)24-19-9-10-19)12-17-7-8-18(14-25(2)3)22(27)21(17)26/h4-6,11-12,14,19H,7-10,13H2,1-3H3,(H,24,28). The number of nitrogens with zero attached hydrogens (tertiary/aromatic N) is 2. The summed E-state index contributed by atoms with van der Waals surface area (Å²) in [5.74, 6) is -0.0384. The van der Waals surface area contributed by atoms with Crippen LogP contribution in [0.4, 0.5) is 0 Å². The lowest BCUT2D eigenvalue weighted by Crippen LogP contribution is -2.29. The van der Waals surface area contributed by atoms with Crippen LogP contribution in [-0.2, 0) is 13.0 Å². The summed E-state index contributed by atoms with van der Waals surface area (Å²) in [5.41, 5.74) is 5.31. The zero-order valence-electron chi connectivity index (χ0n) is 16.8. The lowest BCUT2D eigenvalue weighted by molar-refractivity contribution is 0.0942. The van der Waals surface area contributed by atoms with Crippen LogP contribution in [-0.4, -0.2) is 41.3 Å². The Bertz CT molecular complexity index is 964. The molecule has 1 aromatic carbocycles. The smallest absolute Gasteiger partial charge is 0.268 e. The van der Waals surface area contributed by atoms with Gasteiger partial charge in [-0.2, -0.15) is 0 Å². The van der Waals surface area contributed by atoms with Gasteiger partial charge in [-0.1, -0.05) is 29.8 Å². The Morgan fingerprint density at radius 3 is 2.71 bits per heavy atom. The maximum Gasteiger partial charge on any atom is 0.268 e. The molecule has 1 N–H and O–H groups in total. The molecule has 2 aliphatic carbocycles. The summed E-state index contributed by atoms with van der Waals surface area (Å²) < 4.78 is 1.92. The Morgan fingerprint density at radius 1 is 1.25 bits per heavy atom. The van der Waals surface area contributed by atoms with Crippen molar-refractivity contribution in [1.82, 2.24) is 14.8 Å². The Hall–Kier alpha value is -2.82. The minimum atomic E-state index is -0.0736. The SMILES string of the molecule is Cc1cccc(Cn2c(C(=O)NC3CC3)cc3c2C(=O)C(=CN(C)C)CC3)c1. The molecule has 0 spiro atoms. The Morgan fingerprint density at radius 2 is 2.04 bits per heavy atom. The zero-order chi connectivity index (χ0) is 19.8. The molecular formula is C23H27N3O2. The first-order valence-electron chi connectivity index (χ1n) is 9.93. The molecule has 0 radical (unpaired) electrons. The van der Waals surface area contributed by atoms with Gasteiger partial charge >= 0.3 is 0 Å². The molecule has 4 rings (SSSR count). The van der Waals surface area contributed by atoms with Gasteiger partial charge in [-0.15, -0.1) is 0 Å². The molecule has 28 heavy (non-hydrogen) atoms. The first kappa shape index (κ1) is 18.5. The summed E-state index contributed by atoms with van der Waals surface area (Å²) in [6.07, 6.45) is 5.48. The number of hydrogen-bond acceptors (Lipinski definition) is 3. The highest BCUT2D eigenvalue weighted by molar-refractivity contribution is 6.11. The molecule has 1 aromatic heterocycles. The van der Waals surface area contributed by atoms with E-state index in [1.807, 2.05) is 48.0 Å². The number of rotatable bonds is 5. The monoisotopic (exact) mass is 377 g/mol. The zero-order valence-corrected chi connectivity index (χ0v) is 16.8. The number of carbonyl (C=O) groups excluding carboxylic acids is 2. The maximum absolute atomic E-state index is 13.3. The quantitative estimate of drug-likeness (QED) is 0.814. The van der Waals surface area contributed by atoms with Crippen LogP contribution in [0.5, 0.6) is 0 Å². The van der Waals surface area contributed by atoms with E-state index in [9.17, 15) is 9.59 Å². The Labute approximate surface area is 166 Å². The predicted molar refractivity (Wildman–Crippen MR) is 110 cm³/mol. The summed E-state index contributed by atoms with van der Waals surface area (Å²) in [5, 5.41) is 3.08. The van der Waals surface area contributed by atoms with Crippen molar-refractivity contribution in [2.45, 2.75) is 45.2 Å². The first-order chi connectivity index (χ1) is 13.4. The van der Waals surface area contributed by atoms with Crippen molar-refractivity contribution in [3.8, 4) is 0 Å². The van der Waals surface area contributed by atoms with Crippen molar-refractivity contribution < 1.29 is 9.59 Å². The third-order valence-electron chi connectivity index (χ3n) is 5.33. The first-order valence-corrected chi connectivity index (χ1v) is 9.93. The number of ketones is 1. The second-order valence-electron chi connectivity index (χ2n) is 8.17. The lowest BCUT2D eigenvalue weighted by Gasteiger charge is -2.20. The summed E-state index contributed by atoms with van der Waals surface area (Å²) in [6, 6.07) is 10.4. The fourth-order valence-electron chi connectivity index (χ4n) is 3.87. The molecule has 5 nitrogen and oxygen atoms in total. The van der Waals surface area contributed by atoms with E-state index in [4.69, 9.17) is 0 Å². The number of Topliss-reactive ketones (excluding diaryl/α,β-unsaturated/α-hetero) is 1. The average molecular weight is 377 g/mol. The molecule has 1 saturated carbocycles. The van der Waals surface area contributed by atoms with Crippen LogP contribution in [0.2, 0.25) is 0 Å². The van der Waals surface area contributed by atoms with Crippen LogP contribution in [0.1, 0.15) is 56.9 Å². The molecular weight excluding hydrogens is 350 g/mol. The van der Waals surface area contributed by atoms with Gasteiger partial charge in [0.05, 0.1) is 5.69 Å². The highest BCUT2D eigenvalue weighted by Gasteiger charge is 2.32. The molecule has 146 valence electrons. The molecule has 1 fully saturated rings. The van der Waals surface area contributed by atoms with E-state index >= 15 is 0 Å². The van der Waals surface area contributed by atoms with Crippen molar-refractivity contribution in [3.05, 3.63) is 70.2 Å². The van der Waals surface area contributed by atoms with Crippen LogP contribution in [0.15, 0.2) is 42.1 Å². The molecule has 0 saturated heterocycles. The van der Waals surface area contributed by atoms with E-state index in [0.717, 1.165) is 36.0 Å². The van der Waals surface area contributed by atoms with Crippen molar-refractivity contribution >= 4 is 11.7 Å². The van der Waals surface area contributed by atoms with E-state index in [0.29, 0.717) is 24.4 Å². The number of hydrogen-bond donors (Lipinski definition) is 1. The minimum Gasteiger partial charge on any atom is -0.383 e. The van der Waals surface area contributed by atoms with E-state index in [2.05, 4.69) is 24.4 Å². The second-order valence-corrected chi connectivity index (χ2v) is 8.17. The van der Waals surface area contributed by atoms with Gasteiger partial charge in [0.1, 0.15) is 5.69 Å². The largest absolute Gasteiger partial charge is 0.383 e. The highest BCUT2D eigenvalue weighted by atomic mass is 16.2. The molecule has 2 aromatic rings. The molecule has 0 aliphatic heterocycles. The van der Waals surface area contributed by atoms with Crippen molar-refractivity contribution in [3.63, 3.8) is 0 Å². The van der Waals surface area contributed by atoms with Gasteiger partial charge in [0.2, 0.25) is 5.78 Å². The fourth-order valence-corrected chi connectivity index (χ4v) is 3.87. The van der Waals surface area contributed by atoms with Crippen molar-refractivity contribution in [1.29, 1.82) is 0 Å². The van der Waals surface area contributed by atoms with Crippen molar-refractivity contribution in [2.75, 3.05) is 14.1 Å². The average Bonchev–Trinajstić information content (AvgIpc) is 3.37. The number of fused-ring (bicyclic) bond motifs is 1. The third kappa shape index (κ3) is 3.75. The number of carbonyl (C=O) groups is 2. The summed E-state index contributed by atoms with van der Waals surface area (Å²) in [7, 11) is 3.85. The molecule has 0 bridgehead atoms. The lowest BCUT2D eigenvalue weighted by atomic mass is 9.92. The summed E-state index contributed by atoms with van der Waals surface area (Å²) in [4.78, 5) is 28.1. The van der Waals surface area contributed by atoms with Gasteiger partial charge in [0.25, 0.3) is 5.91 Å². The minimum absolute atomic E-state index is 0.0353. The predicted octanol–water partition coefficient (Wildman–Crippen LogP) is 3.31. The number of nitrogens with one attached hydrogen (secondary N) is 1. The van der Waals surface area contributed by atoms with Gasteiger partial charge in [0, 0.05) is 38.5 Å². The van der Waals surface area contributed by atoms with Gasteiger partial charge in [-0.25, -0.2) is 0 Å². The van der Waals surface area contributed by atoms with Crippen LogP contribution in [0.25, 0.3) is 0 Å². The van der Waals surface area contributed by atoms with Gasteiger partial charge < -0.3 is 14.8 Å². The fraction of sp³-hybridized carbons (Fsp3) is 0.391. The topological polar surface area (TPSA) is 54.3 Å². The number of aromatic nitrogens is 1. The molecule has 5 heteroatoms. The molecule has 0 unspecified atom stereocenters. The van der Waals surface area contributed by atoms with Gasteiger partial charge in [-0.3, -0.25) is 9.59 Å². The molecule has 1 heterocycles. The van der Waals surface area contributed by atoms with Crippen LogP contribution in [0, 0.1) is 6.92 Å². The maximum atomic E-state index is 13.3. The Balaban J connectivity index is 1.77. The van der Waals surface area contributed by atoms with E-state index in [1.165, 1.54) is 5.56 Å². The van der Waals surface area contributed by atoms with Crippen molar-refractivity contribution in [2.24, 2.45) is 0 Å². The number of benzene rings is 1. The number of aryl methyl sites for hydroxylation is 2. The molecule has 0 atom stereocenters. The van der Waals surface area contributed by atoms with Gasteiger partial charge in [0.15, 0.2) is 0 Å². The second kappa shape index (κ2) is 7.30. The summed E-state index contributed by atoms with van der Waals surface area (Å²) >= 11 is 0. The third-order valence-corrected chi connectivity index (χ3v) is 5.33. The van der Waals surface area contributed by atoms with Gasteiger partial charge in [-0.05, 0) is 49.8 Å². The van der Waals surface area contributed by atoms with E-state index in [1.54, 1.807) is 0 Å². The number of amides is 1. The van der Waals surface area contributed by atoms with Crippen LogP contribution >= 0.6 is 0 Å². The summed E-state index contributed by atoms with van der Waals surface area (Å²) in [6.45, 7) is 2.57. The van der Waals surface area contributed by atoms with E-state index < -0.39 is 0 Å². The van der Waals surface area contributed by atoms with E-state index in [-0.39, 0.29) is 17.7 Å². The van der Waals surface area contributed by atoms with Crippen LogP contribution < -0.4 is 5.32 Å². The van der Waals surface area contributed by atoms with Crippen LogP contribution in [0.3, 0.4) is 0 Å². The highest BCUT2D eigenvalue weighted by Crippen LogP contribution is 2.30. The number of allylic oxidation sites excluding steroid dienone is 1. The Kier molecular flexibility index (Phi) is 4.84. The normalized spacial score (nSPS) is 17.5. The molecule has 2 aliphatic rings.